The van der Waals surface area contributed by atoms with Gasteiger partial charge >= 0.3 is 0 Å². The van der Waals surface area contributed by atoms with E-state index in [-0.39, 0.29) is 22.7 Å². The highest BCUT2D eigenvalue weighted by Crippen LogP contribution is 2.28. The van der Waals surface area contributed by atoms with Crippen molar-refractivity contribution in [1.82, 2.24) is 14.7 Å². The third kappa shape index (κ3) is 4.40. The van der Waals surface area contributed by atoms with Gasteiger partial charge in [0, 0.05) is 12.2 Å². The van der Waals surface area contributed by atoms with Crippen LogP contribution in [0.15, 0.2) is 35.4 Å². The molecular formula is C18H24FN5O3S. The Labute approximate surface area is 164 Å². The lowest BCUT2D eigenvalue weighted by Crippen LogP contribution is -2.53. The third-order valence-corrected chi connectivity index (χ3v) is 5.92. The Morgan fingerprint density at radius 3 is 2.61 bits per heavy atom. The van der Waals surface area contributed by atoms with Crippen molar-refractivity contribution in [2.24, 2.45) is 0 Å². The van der Waals surface area contributed by atoms with Gasteiger partial charge in [-0.05, 0) is 52.1 Å². The van der Waals surface area contributed by atoms with Crippen LogP contribution in [0.5, 0.6) is 0 Å². The Morgan fingerprint density at radius 2 is 1.96 bits per heavy atom. The van der Waals surface area contributed by atoms with E-state index in [0.29, 0.717) is 18.8 Å². The summed E-state index contributed by atoms with van der Waals surface area (Å²) in [7, 11) is -2.16. The van der Waals surface area contributed by atoms with Gasteiger partial charge in [0.15, 0.2) is 11.6 Å². The van der Waals surface area contributed by atoms with Gasteiger partial charge in [-0.15, -0.1) is 0 Å². The Bertz CT molecular complexity index is 950. The van der Waals surface area contributed by atoms with Crippen LogP contribution in [0.4, 0.5) is 21.8 Å². The molecule has 2 heterocycles. The predicted octanol–water partition coefficient (Wildman–Crippen LogP) is 2.27. The summed E-state index contributed by atoms with van der Waals surface area (Å²) in [5.41, 5.74) is 0.175. The number of hydrogen-bond acceptors (Lipinski definition) is 7. The lowest BCUT2D eigenvalue weighted by Gasteiger charge is -2.43. The molecule has 0 amide bonds. The van der Waals surface area contributed by atoms with E-state index in [2.05, 4.69) is 20.0 Å². The molecule has 0 radical (unpaired) electrons. The minimum atomic E-state index is -3.51. The number of nitrogens with zero attached hydrogens (tertiary/aromatic N) is 3. The summed E-state index contributed by atoms with van der Waals surface area (Å²) in [4.78, 5) is 10.3. The maximum atomic E-state index is 14.4. The van der Waals surface area contributed by atoms with Gasteiger partial charge in [0.25, 0.3) is 0 Å². The molecule has 0 aliphatic carbocycles. The first-order valence-corrected chi connectivity index (χ1v) is 10.3. The SMILES string of the molecule is CNS(=O)(=O)c1ccc(Nc2ncc(F)c(N3CC(C)(C)OC[C@@H]3C)n2)cc1. The van der Waals surface area contributed by atoms with E-state index >= 15 is 0 Å². The van der Waals surface area contributed by atoms with Gasteiger partial charge in [0.2, 0.25) is 16.0 Å². The van der Waals surface area contributed by atoms with Crippen LogP contribution in [0.1, 0.15) is 20.8 Å². The zero-order valence-electron chi connectivity index (χ0n) is 16.2. The number of halogens is 1. The summed E-state index contributed by atoms with van der Waals surface area (Å²) in [6.45, 7) is 6.82. The molecule has 1 aliphatic rings. The second-order valence-corrected chi connectivity index (χ2v) is 9.16. The first-order chi connectivity index (χ1) is 13.1. The van der Waals surface area contributed by atoms with Crippen molar-refractivity contribution in [1.29, 1.82) is 0 Å². The largest absolute Gasteiger partial charge is 0.372 e. The summed E-state index contributed by atoms with van der Waals surface area (Å²) in [5, 5.41) is 2.98. The van der Waals surface area contributed by atoms with Crippen molar-refractivity contribution < 1.29 is 17.5 Å². The molecule has 1 fully saturated rings. The molecule has 0 unspecified atom stereocenters. The number of hydrogen-bond donors (Lipinski definition) is 2. The highest BCUT2D eigenvalue weighted by atomic mass is 32.2. The lowest BCUT2D eigenvalue weighted by atomic mass is 10.0. The summed E-state index contributed by atoms with van der Waals surface area (Å²) >= 11 is 0. The lowest BCUT2D eigenvalue weighted by molar-refractivity contribution is -0.0425. The average molecular weight is 409 g/mol. The Balaban J connectivity index is 1.84. The van der Waals surface area contributed by atoms with Crippen LogP contribution in [-0.2, 0) is 14.8 Å². The number of ether oxygens (including phenoxy) is 1. The van der Waals surface area contributed by atoms with Gasteiger partial charge < -0.3 is 15.0 Å². The summed E-state index contributed by atoms with van der Waals surface area (Å²) < 4.78 is 46.0. The van der Waals surface area contributed by atoms with E-state index in [1.807, 2.05) is 25.7 Å². The standard InChI is InChI=1S/C18H24FN5O3S/c1-12-10-27-18(2,3)11-24(12)16-15(19)9-21-17(23-16)22-13-5-7-14(8-6-13)28(25,26)20-4/h5-9,12,20H,10-11H2,1-4H3,(H,21,22,23)/t12-/m0/s1. The van der Waals surface area contributed by atoms with Crippen LogP contribution in [0, 0.1) is 5.82 Å². The molecule has 2 aromatic rings. The van der Waals surface area contributed by atoms with Crippen molar-refractivity contribution in [3.63, 3.8) is 0 Å². The van der Waals surface area contributed by atoms with E-state index < -0.39 is 21.4 Å². The molecule has 3 rings (SSSR count). The smallest absolute Gasteiger partial charge is 0.240 e. The molecule has 0 spiro atoms. The zero-order valence-corrected chi connectivity index (χ0v) is 17.0. The van der Waals surface area contributed by atoms with Crippen molar-refractivity contribution in [3.8, 4) is 0 Å². The molecule has 1 atom stereocenters. The molecular weight excluding hydrogens is 385 g/mol. The van der Waals surface area contributed by atoms with E-state index in [1.165, 1.54) is 19.2 Å². The van der Waals surface area contributed by atoms with E-state index in [1.54, 1.807) is 12.1 Å². The quantitative estimate of drug-likeness (QED) is 0.782. The van der Waals surface area contributed by atoms with Gasteiger partial charge in [0.05, 0.1) is 29.3 Å². The number of sulfonamides is 1. The highest BCUT2D eigenvalue weighted by molar-refractivity contribution is 7.89. The van der Waals surface area contributed by atoms with E-state index in [0.717, 1.165) is 6.20 Å². The number of anilines is 3. The van der Waals surface area contributed by atoms with Crippen molar-refractivity contribution in [2.45, 2.75) is 37.3 Å². The van der Waals surface area contributed by atoms with Crippen LogP contribution >= 0.6 is 0 Å². The molecule has 0 saturated carbocycles. The van der Waals surface area contributed by atoms with Gasteiger partial charge in [-0.2, -0.15) is 4.98 Å². The first kappa shape index (κ1) is 20.4. The van der Waals surface area contributed by atoms with Crippen molar-refractivity contribution >= 4 is 27.5 Å². The normalized spacial score (nSPS) is 19.5. The molecule has 152 valence electrons. The molecule has 2 N–H and O–H groups in total. The number of nitrogens with one attached hydrogen (secondary N) is 2. The third-order valence-electron chi connectivity index (χ3n) is 4.49. The van der Waals surface area contributed by atoms with Crippen LogP contribution in [0.25, 0.3) is 0 Å². The maximum absolute atomic E-state index is 14.4. The van der Waals surface area contributed by atoms with Gasteiger partial charge in [0.1, 0.15) is 0 Å². The van der Waals surface area contributed by atoms with E-state index in [9.17, 15) is 12.8 Å². The Hall–Kier alpha value is -2.30. The molecule has 0 bridgehead atoms. The molecule has 28 heavy (non-hydrogen) atoms. The van der Waals surface area contributed by atoms with Crippen molar-refractivity contribution in [2.75, 3.05) is 30.4 Å². The minimum Gasteiger partial charge on any atom is -0.372 e. The zero-order chi connectivity index (χ0) is 20.5. The summed E-state index contributed by atoms with van der Waals surface area (Å²) in [6, 6.07) is 6.08. The number of aromatic nitrogens is 2. The highest BCUT2D eigenvalue weighted by Gasteiger charge is 2.34. The molecule has 1 aromatic heterocycles. The number of rotatable bonds is 5. The van der Waals surface area contributed by atoms with Crippen molar-refractivity contribution in [3.05, 3.63) is 36.3 Å². The fraction of sp³-hybridized carbons (Fsp3) is 0.444. The molecule has 1 aliphatic heterocycles. The Kier molecular flexibility index (Phi) is 5.55. The molecule has 10 heteroatoms. The summed E-state index contributed by atoms with van der Waals surface area (Å²) in [5.74, 6) is -0.0848. The monoisotopic (exact) mass is 409 g/mol. The maximum Gasteiger partial charge on any atom is 0.240 e. The van der Waals surface area contributed by atoms with Crippen LogP contribution in [0.2, 0.25) is 0 Å². The second-order valence-electron chi connectivity index (χ2n) is 7.27. The fourth-order valence-electron chi connectivity index (χ4n) is 2.92. The summed E-state index contributed by atoms with van der Waals surface area (Å²) in [6.07, 6.45) is 1.12. The topological polar surface area (TPSA) is 96.5 Å². The first-order valence-electron chi connectivity index (χ1n) is 8.85. The van der Waals surface area contributed by atoms with Gasteiger partial charge in [-0.25, -0.2) is 22.5 Å². The fourth-order valence-corrected chi connectivity index (χ4v) is 3.65. The predicted molar refractivity (Wildman–Crippen MR) is 105 cm³/mol. The van der Waals surface area contributed by atoms with Crippen LogP contribution < -0.4 is 14.9 Å². The van der Waals surface area contributed by atoms with E-state index in [4.69, 9.17) is 4.74 Å². The number of benzene rings is 1. The van der Waals surface area contributed by atoms with Gasteiger partial charge in [-0.3, -0.25) is 0 Å². The Morgan fingerprint density at radius 1 is 1.29 bits per heavy atom. The van der Waals surface area contributed by atoms with Crippen LogP contribution in [0.3, 0.4) is 0 Å². The minimum absolute atomic E-state index is 0.0312. The van der Waals surface area contributed by atoms with Gasteiger partial charge in [-0.1, -0.05) is 0 Å². The molecule has 1 aromatic carbocycles. The average Bonchev–Trinajstić information content (AvgIpc) is 2.66. The number of morpholine rings is 1. The van der Waals surface area contributed by atoms with Crippen LogP contribution in [-0.4, -0.2) is 50.2 Å². The second kappa shape index (κ2) is 7.61. The molecule has 1 saturated heterocycles. The molecule has 8 nitrogen and oxygen atoms in total.